The standard InChI is InChI=1S/C20H15N3O3S2/c1-13(14-6-5-9-16(12-14)23(25)26)28-20-21-18-17(10-11-27-18)19(24)22(20)15-7-3-2-4-8-15/h2-13H,1H3/t13-/m1/s1. The Bertz CT molecular complexity index is 1220. The van der Waals surface area contributed by atoms with Gasteiger partial charge in [-0.3, -0.25) is 19.5 Å². The Morgan fingerprint density at radius 3 is 2.68 bits per heavy atom. The van der Waals surface area contributed by atoms with Crippen LogP contribution in [0.15, 0.2) is 76.0 Å². The Morgan fingerprint density at radius 2 is 1.93 bits per heavy atom. The predicted octanol–water partition coefficient (Wildman–Crippen LogP) is 5.21. The summed E-state index contributed by atoms with van der Waals surface area (Å²) in [5.74, 6) is 0. The van der Waals surface area contributed by atoms with Crippen molar-refractivity contribution in [2.75, 3.05) is 0 Å². The Kier molecular flexibility index (Phi) is 4.97. The molecule has 0 saturated heterocycles. The van der Waals surface area contributed by atoms with Crippen molar-refractivity contribution >= 4 is 39.0 Å². The number of hydrogen-bond donors (Lipinski definition) is 0. The summed E-state index contributed by atoms with van der Waals surface area (Å²) in [6.07, 6.45) is 0. The number of non-ortho nitro benzene ring substituents is 1. The summed E-state index contributed by atoms with van der Waals surface area (Å²) < 4.78 is 1.60. The second-order valence-corrected chi connectivity index (χ2v) is 8.32. The molecule has 2 aromatic heterocycles. The van der Waals surface area contributed by atoms with Crippen molar-refractivity contribution in [3.63, 3.8) is 0 Å². The van der Waals surface area contributed by atoms with Crippen LogP contribution in [-0.2, 0) is 0 Å². The smallest absolute Gasteiger partial charge is 0.268 e. The number of hydrogen-bond acceptors (Lipinski definition) is 6. The Labute approximate surface area is 168 Å². The van der Waals surface area contributed by atoms with Crippen molar-refractivity contribution in [3.8, 4) is 5.69 Å². The van der Waals surface area contributed by atoms with Crippen LogP contribution in [-0.4, -0.2) is 14.5 Å². The lowest BCUT2D eigenvalue weighted by Crippen LogP contribution is -2.21. The van der Waals surface area contributed by atoms with Crippen LogP contribution in [0.5, 0.6) is 0 Å². The molecule has 0 unspecified atom stereocenters. The third kappa shape index (κ3) is 3.44. The monoisotopic (exact) mass is 409 g/mol. The second kappa shape index (κ2) is 7.57. The molecule has 28 heavy (non-hydrogen) atoms. The maximum absolute atomic E-state index is 13.1. The third-order valence-corrected chi connectivity index (χ3v) is 6.23. The van der Waals surface area contributed by atoms with E-state index in [0.717, 1.165) is 11.3 Å². The quantitative estimate of drug-likeness (QED) is 0.196. The van der Waals surface area contributed by atoms with Crippen molar-refractivity contribution in [3.05, 3.63) is 92.1 Å². The number of nitro benzene ring substituents is 1. The lowest BCUT2D eigenvalue weighted by molar-refractivity contribution is -0.384. The van der Waals surface area contributed by atoms with Gasteiger partial charge in [-0.05, 0) is 36.1 Å². The van der Waals surface area contributed by atoms with Crippen molar-refractivity contribution in [2.45, 2.75) is 17.3 Å². The molecular formula is C20H15N3O3S2. The average molecular weight is 409 g/mol. The number of aromatic nitrogens is 2. The summed E-state index contributed by atoms with van der Waals surface area (Å²) >= 11 is 2.83. The minimum absolute atomic E-state index is 0.0482. The summed E-state index contributed by atoms with van der Waals surface area (Å²) in [6.45, 7) is 1.95. The van der Waals surface area contributed by atoms with Gasteiger partial charge >= 0.3 is 0 Å². The van der Waals surface area contributed by atoms with Crippen molar-refractivity contribution in [1.29, 1.82) is 0 Å². The Morgan fingerprint density at radius 1 is 1.14 bits per heavy atom. The third-order valence-electron chi connectivity index (χ3n) is 4.31. The first-order chi connectivity index (χ1) is 13.5. The number of para-hydroxylation sites is 1. The fourth-order valence-corrected chi connectivity index (χ4v) is 4.74. The molecule has 0 radical (unpaired) electrons. The highest BCUT2D eigenvalue weighted by molar-refractivity contribution is 7.99. The van der Waals surface area contributed by atoms with Gasteiger partial charge < -0.3 is 0 Å². The molecule has 0 bridgehead atoms. The normalized spacial score (nSPS) is 12.2. The highest BCUT2D eigenvalue weighted by Crippen LogP contribution is 2.36. The fourth-order valence-electron chi connectivity index (χ4n) is 2.90. The molecule has 4 aromatic rings. The molecule has 0 N–H and O–H groups in total. The zero-order valence-electron chi connectivity index (χ0n) is 14.8. The minimum atomic E-state index is -0.406. The minimum Gasteiger partial charge on any atom is -0.268 e. The number of thiophene rings is 1. The van der Waals surface area contributed by atoms with Crippen molar-refractivity contribution in [2.24, 2.45) is 0 Å². The van der Waals surface area contributed by atoms with Gasteiger partial charge in [0.2, 0.25) is 0 Å². The zero-order valence-corrected chi connectivity index (χ0v) is 16.4. The number of rotatable bonds is 5. The summed E-state index contributed by atoms with van der Waals surface area (Å²) in [4.78, 5) is 29.2. The molecule has 1 atom stereocenters. The van der Waals surface area contributed by atoms with Gasteiger partial charge in [-0.25, -0.2) is 4.98 Å². The van der Waals surface area contributed by atoms with Crippen LogP contribution in [0.3, 0.4) is 0 Å². The highest BCUT2D eigenvalue weighted by Gasteiger charge is 2.18. The van der Waals surface area contributed by atoms with E-state index < -0.39 is 4.92 Å². The van der Waals surface area contributed by atoms with E-state index in [0.29, 0.717) is 15.4 Å². The lowest BCUT2D eigenvalue weighted by atomic mass is 10.1. The molecule has 6 nitrogen and oxygen atoms in total. The van der Waals surface area contributed by atoms with E-state index in [1.54, 1.807) is 22.8 Å². The van der Waals surface area contributed by atoms with Gasteiger partial charge in [0.25, 0.3) is 11.2 Å². The largest absolute Gasteiger partial charge is 0.269 e. The number of nitrogens with zero attached hydrogens (tertiary/aromatic N) is 3. The van der Waals surface area contributed by atoms with E-state index >= 15 is 0 Å². The number of nitro groups is 1. The maximum Gasteiger partial charge on any atom is 0.269 e. The fraction of sp³-hybridized carbons (Fsp3) is 0.100. The summed E-state index contributed by atoms with van der Waals surface area (Å²) in [5.41, 5.74) is 1.47. The molecule has 0 aliphatic heterocycles. The SMILES string of the molecule is C[C@@H](Sc1nc2sccc2c(=O)n1-c1ccccc1)c1cccc([N+](=O)[O-])c1. The molecule has 0 fully saturated rings. The van der Waals surface area contributed by atoms with Crippen LogP contribution in [0.1, 0.15) is 17.7 Å². The van der Waals surface area contributed by atoms with Crippen molar-refractivity contribution < 1.29 is 4.92 Å². The molecular weight excluding hydrogens is 394 g/mol. The summed E-state index contributed by atoms with van der Waals surface area (Å²) in [7, 11) is 0. The zero-order chi connectivity index (χ0) is 19.7. The Hall–Kier alpha value is -2.97. The number of thioether (sulfide) groups is 1. The first-order valence-corrected chi connectivity index (χ1v) is 10.3. The van der Waals surface area contributed by atoms with Crippen LogP contribution in [0.2, 0.25) is 0 Å². The lowest BCUT2D eigenvalue weighted by Gasteiger charge is -2.16. The van der Waals surface area contributed by atoms with Gasteiger partial charge in [-0.15, -0.1) is 11.3 Å². The summed E-state index contributed by atoms with van der Waals surface area (Å²) in [5, 5.41) is 14.0. The first-order valence-electron chi connectivity index (χ1n) is 8.51. The molecule has 0 aliphatic rings. The molecule has 2 aromatic carbocycles. The molecule has 8 heteroatoms. The van der Waals surface area contributed by atoms with E-state index in [1.807, 2.05) is 48.7 Å². The van der Waals surface area contributed by atoms with E-state index in [2.05, 4.69) is 0 Å². The first kappa shape index (κ1) is 18.4. The molecule has 0 saturated carbocycles. The van der Waals surface area contributed by atoms with Gasteiger partial charge in [0.1, 0.15) is 4.83 Å². The van der Waals surface area contributed by atoms with Gasteiger partial charge in [-0.1, -0.05) is 42.1 Å². The number of fused-ring (bicyclic) bond motifs is 1. The maximum atomic E-state index is 13.1. The van der Waals surface area contributed by atoms with Crippen LogP contribution >= 0.6 is 23.1 Å². The molecule has 0 spiro atoms. The van der Waals surface area contributed by atoms with Gasteiger partial charge in [-0.2, -0.15) is 0 Å². The molecule has 0 amide bonds. The second-order valence-electron chi connectivity index (χ2n) is 6.12. The van der Waals surface area contributed by atoms with Crippen LogP contribution in [0, 0.1) is 10.1 Å². The van der Waals surface area contributed by atoms with E-state index in [4.69, 9.17) is 4.98 Å². The van der Waals surface area contributed by atoms with E-state index in [-0.39, 0.29) is 16.5 Å². The van der Waals surface area contributed by atoms with Gasteiger partial charge in [0, 0.05) is 17.4 Å². The van der Waals surface area contributed by atoms with Crippen LogP contribution in [0.25, 0.3) is 15.9 Å². The van der Waals surface area contributed by atoms with Crippen molar-refractivity contribution in [1.82, 2.24) is 9.55 Å². The van der Waals surface area contributed by atoms with E-state index in [9.17, 15) is 14.9 Å². The van der Waals surface area contributed by atoms with Gasteiger partial charge in [0.15, 0.2) is 5.16 Å². The van der Waals surface area contributed by atoms with E-state index in [1.165, 1.54) is 29.2 Å². The van der Waals surface area contributed by atoms with Gasteiger partial charge in [0.05, 0.1) is 16.0 Å². The van der Waals surface area contributed by atoms with Crippen LogP contribution < -0.4 is 5.56 Å². The molecule has 140 valence electrons. The molecule has 2 heterocycles. The average Bonchev–Trinajstić information content (AvgIpc) is 3.18. The van der Waals surface area contributed by atoms with Crippen LogP contribution in [0.4, 0.5) is 5.69 Å². The summed E-state index contributed by atoms with van der Waals surface area (Å²) in [6, 6.07) is 17.7. The number of benzene rings is 2. The topological polar surface area (TPSA) is 78.0 Å². The highest BCUT2D eigenvalue weighted by atomic mass is 32.2. The predicted molar refractivity (Wildman–Crippen MR) is 113 cm³/mol. The Balaban J connectivity index is 1.81. The molecule has 0 aliphatic carbocycles. The molecule has 4 rings (SSSR count).